The highest BCUT2D eigenvalue weighted by Gasteiger charge is 2.43. The third-order valence-electron chi connectivity index (χ3n) is 1.33. The number of alkyl halides is 1. The SMILES string of the molecule is CC(C)COC(=O)C(C)(F)C(=O)O. The van der Waals surface area contributed by atoms with E-state index in [1.165, 1.54) is 0 Å². The molecule has 0 saturated carbocycles. The molecule has 0 radical (unpaired) electrons. The highest BCUT2D eigenvalue weighted by molar-refractivity contribution is 6.01. The zero-order valence-electron chi connectivity index (χ0n) is 7.83. The number of esters is 1. The molecule has 4 nitrogen and oxygen atoms in total. The van der Waals surface area contributed by atoms with Crippen molar-refractivity contribution in [2.45, 2.75) is 26.4 Å². The van der Waals surface area contributed by atoms with Crippen LogP contribution in [0.1, 0.15) is 20.8 Å². The van der Waals surface area contributed by atoms with Crippen LogP contribution in [0.5, 0.6) is 0 Å². The Bertz CT molecular complexity index is 210. The Morgan fingerprint density at radius 2 is 2.00 bits per heavy atom. The molecule has 1 unspecified atom stereocenters. The van der Waals surface area contributed by atoms with E-state index in [0.717, 1.165) is 0 Å². The van der Waals surface area contributed by atoms with Gasteiger partial charge in [-0.3, -0.25) is 0 Å². The van der Waals surface area contributed by atoms with Gasteiger partial charge in [-0.15, -0.1) is 0 Å². The quantitative estimate of drug-likeness (QED) is 0.533. The molecule has 5 heteroatoms. The zero-order chi connectivity index (χ0) is 10.6. The Hall–Kier alpha value is -1.13. The van der Waals surface area contributed by atoms with Gasteiger partial charge in [0.1, 0.15) is 0 Å². The van der Waals surface area contributed by atoms with E-state index in [0.29, 0.717) is 6.92 Å². The highest BCUT2D eigenvalue weighted by atomic mass is 19.1. The molecule has 0 amide bonds. The minimum atomic E-state index is -2.95. The number of carboxylic acid groups (broad SMARTS) is 1. The minimum Gasteiger partial charge on any atom is -0.478 e. The van der Waals surface area contributed by atoms with Crippen LogP contribution in [0, 0.1) is 5.92 Å². The predicted octanol–water partition coefficient (Wildman–Crippen LogP) is 0.998. The molecule has 0 spiro atoms. The van der Waals surface area contributed by atoms with Crippen LogP contribution in [0.15, 0.2) is 0 Å². The topological polar surface area (TPSA) is 63.6 Å². The number of rotatable bonds is 4. The van der Waals surface area contributed by atoms with Gasteiger partial charge in [-0.1, -0.05) is 13.8 Å². The summed E-state index contributed by atoms with van der Waals surface area (Å²) >= 11 is 0. The molecule has 0 bridgehead atoms. The van der Waals surface area contributed by atoms with Crippen molar-refractivity contribution >= 4 is 11.9 Å². The Kier molecular flexibility index (Phi) is 3.84. The molecule has 0 heterocycles. The van der Waals surface area contributed by atoms with Gasteiger partial charge < -0.3 is 9.84 Å². The molecule has 0 fully saturated rings. The number of aliphatic carboxylic acids is 1. The summed E-state index contributed by atoms with van der Waals surface area (Å²) in [4.78, 5) is 21.1. The van der Waals surface area contributed by atoms with Gasteiger partial charge in [-0.25, -0.2) is 14.0 Å². The minimum absolute atomic E-state index is 0.0195. The van der Waals surface area contributed by atoms with Crippen molar-refractivity contribution in [2.24, 2.45) is 5.92 Å². The Balaban J connectivity index is 4.18. The average molecular weight is 192 g/mol. The lowest BCUT2D eigenvalue weighted by atomic mass is 10.1. The van der Waals surface area contributed by atoms with E-state index in [1.807, 2.05) is 0 Å². The van der Waals surface area contributed by atoms with Gasteiger partial charge in [0, 0.05) is 0 Å². The first-order valence-corrected chi connectivity index (χ1v) is 3.88. The van der Waals surface area contributed by atoms with E-state index in [1.54, 1.807) is 13.8 Å². The van der Waals surface area contributed by atoms with Crippen LogP contribution in [-0.2, 0) is 14.3 Å². The summed E-state index contributed by atoms with van der Waals surface area (Å²) in [5.74, 6) is -3.14. The van der Waals surface area contributed by atoms with Crippen molar-refractivity contribution in [3.05, 3.63) is 0 Å². The monoisotopic (exact) mass is 192 g/mol. The lowest BCUT2D eigenvalue weighted by Gasteiger charge is -2.14. The van der Waals surface area contributed by atoms with Crippen LogP contribution in [0.25, 0.3) is 0 Å². The van der Waals surface area contributed by atoms with E-state index < -0.39 is 17.6 Å². The first kappa shape index (κ1) is 11.9. The van der Waals surface area contributed by atoms with Gasteiger partial charge in [0.2, 0.25) is 0 Å². The third kappa shape index (κ3) is 3.40. The molecule has 0 aliphatic heterocycles. The second-order valence-electron chi connectivity index (χ2n) is 3.30. The largest absolute Gasteiger partial charge is 0.478 e. The van der Waals surface area contributed by atoms with Gasteiger partial charge >= 0.3 is 11.9 Å². The van der Waals surface area contributed by atoms with Crippen molar-refractivity contribution in [1.82, 2.24) is 0 Å². The molecule has 0 saturated heterocycles. The first-order valence-electron chi connectivity index (χ1n) is 3.88. The van der Waals surface area contributed by atoms with E-state index >= 15 is 0 Å². The van der Waals surface area contributed by atoms with E-state index in [4.69, 9.17) is 5.11 Å². The molecule has 0 aromatic heterocycles. The number of hydrogen-bond donors (Lipinski definition) is 1. The standard InChI is InChI=1S/C8H13FO4/c1-5(2)4-13-7(12)8(3,9)6(10)11/h5H,4H2,1-3H3,(H,10,11). The number of carboxylic acids is 1. The van der Waals surface area contributed by atoms with Crippen LogP contribution in [0.4, 0.5) is 4.39 Å². The van der Waals surface area contributed by atoms with Crippen molar-refractivity contribution in [3.63, 3.8) is 0 Å². The lowest BCUT2D eigenvalue weighted by molar-refractivity contribution is -0.170. The number of hydrogen-bond acceptors (Lipinski definition) is 3. The van der Waals surface area contributed by atoms with Gasteiger partial charge in [0.25, 0.3) is 5.67 Å². The maximum absolute atomic E-state index is 13.0. The second kappa shape index (κ2) is 4.20. The van der Waals surface area contributed by atoms with Crippen molar-refractivity contribution in [3.8, 4) is 0 Å². The summed E-state index contributed by atoms with van der Waals surface area (Å²) in [6, 6.07) is 0. The molecular weight excluding hydrogens is 179 g/mol. The Morgan fingerprint density at radius 1 is 1.54 bits per heavy atom. The smallest absolute Gasteiger partial charge is 0.355 e. The summed E-state index contributed by atoms with van der Waals surface area (Å²) in [5.41, 5.74) is -2.95. The molecule has 76 valence electrons. The number of ether oxygens (including phenoxy) is 1. The molecule has 0 rings (SSSR count). The van der Waals surface area contributed by atoms with E-state index in [-0.39, 0.29) is 12.5 Å². The summed E-state index contributed by atoms with van der Waals surface area (Å²) < 4.78 is 17.4. The van der Waals surface area contributed by atoms with Crippen LogP contribution in [-0.4, -0.2) is 29.3 Å². The predicted molar refractivity (Wildman–Crippen MR) is 42.9 cm³/mol. The zero-order valence-corrected chi connectivity index (χ0v) is 7.83. The molecule has 1 N–H and O–H groups in total. The Morgan fingerprint density at radius 3 is 2.31 bits per heavy atom. The molecule has 0 aliphatic carbocycles. The molecule has 0 aromatic carbocycles. The van der Waals surface area contributed by atoms with Crippen molar-refractivity contribution in [1.29, 1.82) is 0 Å². The summed E-state index contributed by atoms with van der Waals surface area (Å²) in [7, 11) is 0. The third-order valence-corrected chi connectivity index (χ3v) is 1.33. The fourth-order valence-electron chi connectivity index (χ4n) is 0.465. The number of halogens is 1. The molecule has 0 aromatic rings. The highest BCUT2D eigenvalue weighted by Crippen LogP contribution is 2.13. The maximum atomic E-state index is 13.0. The van der Waals surface area contributed by atoms with Crippen LogP contribution in [0.3, 0.4) is 0 Å². The lowest BCUT2D eigenvalue weighted by Crippen LogP contribution is -2.40. The second-order valence-corrected chi connectivity index (χ2v) is 3.30. The van der Waals surface area contributed by atoms with E-state index in [9.17, 15) is 14.0 Å². The van der Waals surface area contributed by atoms with Gasteiger partial charge in [-0.05, 0) is 12.8 Å². The van der Waals surface area contributed by atoms with Gasteiger partial charge in [0.15, 0.2) is 0 Å². The first-order chi connectivity index (χ1) is 5.78. The molecule has 0 aliphatic rings. The fourth-order valence-corrected chi connectivity index (χ4v) is 0.465. The summed E-state index contributed by atoms with van der Waals surface area (Å²) in [6.45, 7) is 4.22. The fraction of sp³-hybridized carbons (Fsp3) is 0.750. The van der Waals surface area contributed by atoms with Crippen LogP contribution in [0.2, 0.25) is 0 Å². The average Bonchev–Trinajstić information content (AvgIpc) is 1.99. The number of carbonyl (C=O) groups is 2. The Labute approximate surface area is 75.7 Å². The maximum Gasteiger partial charge on any atom is 0.355 e. The van der Waals surface area contributed by atoms with Gasteiger partial charge in [0.05, 0.1) is 6.61 Å². The summed E-state index contributed by atoms with van der Waals surface area (Å²) in [6.07, 6.45) is 0. The molecule has 13 heavy (non-hydrogen) atoms. The number of carbonyl (C=O) groups excluding carboxylic acids is 1. The normalized spacial score (nSPS) is 15.2. The van der Waals surface area contributed by atoms with Crippen LogP contribution < -0.4 is 0 Å². The molecule has 1 atom stereocenters. The molecular formula is C8H13FO4. The van der Waals surface area contributed by atoms with Gasteiger partial charge in [-0.2, -0.15) is 0 Å². The van der Waals surface area contributed by atoms with Crippen molar-refractivity contribution in [2.75, 3.05) is 6.61 Å². The van der Waals surface area contributed by atoms with E-state index in [2.05, 4.69) is 4.74 Å². The van der Waals surface area contributed by atoms with Crippen molar-refractivity contribution < 1.29 is 23.8 Å². The van der Waals surface area contributed by atoms with Crippen LogP contribution >= 0.6 is 0 Å². The summed E-state index contributed by atoms with van der Waals surface area (Å²) in [5, 5.41) is 8.30.